The molecule has 0 atom stereocenters. The second-order valence-corrected chi connectivity index (χ2v) is 6.71. The van der Waals surface area contributed by atoms with Crippen LogP contribution in [0.2, 0.25) is 0 Å². The summed E-state index contributed by atoms with van der Waals surface area (Å²) < 4.78 is 8.55. The molecule has 2 heterocycles. The average molecular weight is 319 g/mol. The van der Waals surface area contributed by atoms with Crippen LogP contribution in [0.25, 0.3) is 9.40 Å². The number of hydrogen-bond donors (Lipinski definition) is 0. The van der Waals surface area contributed by atoms with Gasteiger partial charge in [-0.05, 0) is 40.9 Å². The smallest absolute Gasteiger partial charge is 0.348 e. The molecule has 16 heavy (non-hydrogen) atoms. The molecule has 5 heteroatoms. The molecular weight excluding hydrogens is 308 g/mol. The third kappa shape index (κ3) is 2.04. The summed E-state index contributed by atoms with van der Waals surface area (Å²) in [5.41, 5.74) is 1.12. The van der Waals surface area contributed by atoms with Crippen molar-refractivity contribution in [2.75, 3.05) is 6.61 Å². The molecule has 2 rings (SSSR count). The Kier molecular flexibility index (Phi) is 3.66. The molecule has 0 aromatic carbocycles. The van der Waals surface area contributed by atoms with E-state index in [0.29, 0.717) is 6.61 Å². The van der Waals surface area contributed by atoms with E-state index in [9.17, 15) is 4.79 Å². The number of thiophene rings is 2. The van der Waals surface area contributed by atoms with Crippen molar-refractivity contribution in [3.05, 3.63) is 20.3 Å². The summed E-state index contributed by atoms with van der Waals surface area (Å²) in [6.07, 6.45) is 0.862. The summed E-state index contributed by atoms with van der Waals surface area (Å²) in [4.78, 5) is 12.5. The maximum atomic E-state index is 11.8. The van der Waals surface area contributed by atoms with Crippen molar-refractivity contribution in [3.8, 4) is 0 Å². The molecule has 0 unspecified atom stereocenters. The molecule has 0 saturated heterocycles. The van der Waals surface area contributed by atoms with Crippen LogP contribution in [-0.2, 0) is 11.2 Å². The fourth-order valence-corrected chi connectivity index (χ4v) is 4.87. The summed E-state index contributed by atoms with van der Waals surface area (Å²) in [6, 6.07) is 2.06. The number of aryl methyl sites for hydroxylation is 1. The molecule has 0 N–H and O–H groups in total. The van der Waals surface area contributed by atoms with Gasteiger partial charge in [-0.1, -0.05) is 6.92 Å². The van der Waals surface area contributed by atoms with E-state index >= 15 is 0 Å². The number of esters is 1. The van der Waals surface area contributed by atoms with Crippen molar-refractivity contribution in [1.29, 1.82) is 0 Å². The number of halogens is 1. The highest BCUT2D eigenvalue weighted by Crippen LogP contribution is 2.40. The molecule has 2 nitrogen and oxygen atoms in total. The maximum Gasteiger partial charge on any atom is 0.348 e. The van der Waals surface area contributed by atoms with Gasteiger partial charge >= 0.3 is 5.97 Å². The third-order valence-electron chi connectivity index (χ3n) is 2.24. The van der Waals surface area contributed by atoms with Gasteiger partial charge in [0.15, 0.2) is 0 Å². The normalized spacial score (nSPS) is 10.9. The van der Waals surface area contributed by atoms with Gasteiger partial charge in [-0.25, -0.2) is 4.79 Å². The number of ether oxygens (including phenoxy) is 1. The molecule has 2 aromatic rings. The molecule has 0 bridgehead atoms. The van der Waals surface area contributed by atoms with E-state index in [1.54, 1.807) is 11.3 Å². The predicted molar refractivity (Wildman–Crippen MR) is 72.7 cm³/mol. The highest BCUT2D eigenvalue weighted by atomic mass is 79.9. The standard InChI is InChI=1S/C11H11BrO2S2/c1-3-6-9-7(5-8(12)16-9)15-10(6)11(13)14-4-2/h5H,3-4H2,1-2H3. The minimum atomic E-state index is -0.191. The van der Waals surface area contributed by atoms with Crippen LogP contribution in [0.15, 0.2) is 9.85 Å². The van der Waals surface area contributed by atoms with Gasteiger partial charge in [0, 0.05) is 4.70 Å². The van der Waals surface area contributed by atoms with Gasteiger partial charge in [-0.2, -0.15) is 0 Å². The molecular formula is C11H11BrO2S2. The van der Waals surface area contributed by atoms with Crippen molar-refractivity contribution < 1.29 is 9.53 Å². The van der Waals surface area contributed by atoms with Crippen LogP contribution in [0.3, 0.4) is 0 Å². The maximum absolute atomic E-state index is 11.8. The Bertz CT molecular complexity index is 527. The van der Waals surface area contributed by atoms with Gasteiger partial charge in [0.25, 0.3) is 0 Å². The van der Waals surface area contributed by atoms with E-state index < -0.39 is 0 Å². The fourth-order valence-electron chi connectivity index (χ4n) is 1.59. The Hall–Kier alpha value is -0.390. The number of carbonyl (C=O) groups excluding carboxylic acids is 1. The van der Waals surface area contributed by atoms with Crippen molar-refractivity contribution in [1.82, 2.24) is 0 Å². The Labute approximate surface area is 110 Å². The lowest BCUT2D eigenvalue weighted by molar-refractivity contribution is 0.0531. The number of carbonyl (C=O) groups is 1. The molecule has 0 saturated carbocycles. The van der Waals surface area contributed by atoms with Gasteiger partial charge in [0.05, 0.1) is 15.1 Å². The molecule has 2 aromatic heterocycles. The number of rotatable bonds is 3. The lowest BCUT2D eigenvalue weighted by atomic mass is 10.2. The molecule has 0 aliphatic heterocycles. The lowest BCUT2D eigenvalue weighted by Gasteiger charge is -2.01. The van der Waals surface area contributed by atoms with Crippen LogP contribution in [0.5, 0.6) is 0 Å². The molecule has 86 valence electrons. The van der Waals surface area contributed by atoms with Gasteiger partial charge in [-0.15, -0.1) is 22.7 Å². The third-order valence-corrected chi connectivity index (χ3v) is 5.23. The van der Waals surface area contributed by atoms with Gasteiger partial charge in [-0.3, -0.25) is 0 Å². The van der Waals surface area contributed by atoms with Crippen LogP contribution >= 0.6 is 38.6 Å². The first kappa shape index (κ1) is 12.1. The van der Waals surface area contributed by atoms with E-state index in [-0.39, 0.29) is 5.97 Å². The minimum Gasteiger partial charge on any atom is -0.462 e. The Balaban J connectivity index is 2.53. The number of fused-ring (bicyclic) bond motifs is 1. The van der Waals surface area contributed by atoms with Crippen molar-refractivity contribution in [3.63, 3.8) is 0 Å². The Morgan fingerprint density at radius 2 is 2.19 bits per heavy atom. The summed E-state index contributed by atoms with van der Waals surface area (Å²) >= 11 is 6.67. The summed E-state index contributed by atoms with van der Waals surface area (Å²) in [7, 11) is 0. The zero-order valence-electron chi connectivity index (χ0n) is 9.00. The molecule has 0 amide bonds. The van der Waals surface area contributed by atoms with E-state index in [1.807, 2.05) is 6.92 Å². The first-order valence-electron chi connectivity index (χ1n) is 5.05. The quantitative estimate of drug-likeness (QED) is 0.781. The van der Waals surface area contributed by atoms with E-state index in [4.69, 9.17) is 4.74 Å². The summed E-state index contributed by atoms with van der Waals surface area (Å²) in [5, 5.41) is 0. The first-order chi connectivity index (χ1) is 7.67. The van der Waals surface area contributed by atoms with Crippen LogP contribution in [0, 0.1) is 0 Å². The van der Waals surface area contributed by atoms with Crippen molar-refractivity contribution in [2.45, 2.75) is 20.3 Å². The second kappa shape index (κ2) is 4.85. The van der Waals surface area contributed by atoms with Crippen LogP contribution in [0.1, 0.15) is 29.1 Å². The molecule has 0 radical (unpaired) electrons. The van der Waals surface area contributed by atoms with Crippen LogP contribution < -0.4 is 0 Å². The Morgan fingerprint density at radius 1 is 1.44 bits per heavy atom. The second-order valence-electron chi connectivity index (χ2n) is 3.23. The fraction of sp³-hybridized carbons (Fsp3) is 0.364. The SMILES string of the molecule is CCOC(=O)c1sc2cc(Br)sc2c1CC. The van der Waals surface area contributed by atoms with E-state index in [0.717, 1.165) is 25.3 Å². The van der Waals surface area contributed by atoms with Crippen molar-refractivity contribution >= 4 is 54.0 Å². The highest BCUT2D eigenvalue weighted by molar-refractivity contribution is 9.11. The molecule has 0 aliphatic carbocycles. The van der Waals surface area contributed by atoms with Crippen LogP contribution in [0.4, 0.5) is 0 Å². The lowest BCUT2D eigenvalue weighted by Crippen LogP contribution is -2.04. The van der Waals surface area contributed by atoms with Gasteiger partial charge in [0.2, 0.25) is 0 Å². The summed E-state index contributed by atoms with van der Waals surface area (Å²) in [5.74, 6) is -0.191. The molecule has 0 spiro atoms. The number of hydrogen-bond acceptors (Lipinski definition) is 4. The van der Waals surface area contributed by atoms with E-state index in [1.165, 1.54) is 16.0 Å². The van der Waals surface area contributed by atoms with Crippen LogP contribution in [-0.4, -0.2) is 12.6 Å². The average Bonchev–Trinajstić information content (AvgIpc) is 2.73. The van der Waals surface area contributed by atoms with E-state index in [2.05, 4.69) is 28.9 Å². The van der Waals surface area contributed by atoms with Crippen molar-refractivity contribution in [2.24, 2.45) is 0 Å². The Morgan fingerprint density at radius 3 is 2.81 bits per heavy atom. The monoisotopic (exact) mass is 318 g/mol. The van der Waals surface area contributed by atoms with Gasteiger partial charge in [0.1, 0.15) is 4.88 Å². The highest BCUT2D eigenvalue weighted by Gasteiger charge is 2.19. The largest absolute Gasteiger partial charge is 0.462 e. The molecule has 0 fully saturated rings. The zero-order valence-corrected chi connectivity index (χ0v) is 12.2. The molecule has 0 aliphatic rings. The topological polar surface area (TPSA) is 26.3 Å². The predicted octanol–water partition coefficient (Wildman–Crippen LogP) is 4.46. The zero-order chi connectivity index (χ0) is 11.7. The van der Waals surface area contributed by atoms with Gasteiger partial charge < -0.3 is 4.74 Å². The first-order valence-corrected chi connectivity index (χ1v) is 7.47. The minimum absolute atomic E-state index is 0.191. The summed E-state index contributed by atoms with van der Waals surface area (Å²) in [6.45, 7) is 4.32.